The van der Waals surface area contributed by atoms with Crippen molar-refractivity contribution in [2.45, 2.75) is 65.3 Å². The standard InChI is InChI=1S/C23H29N5O4S3/c1-7-28-20(14-8-15(11(2)3)33-9-14)26-27-23(28)34-10-16(29)25-21-17(22(31)32-12(4)5)13(6)18(35-21)19(24)30/h8-9,11-12H,7,10H2,1-6H3,(H2,24,30)(H,25,29). The molecule has 3 heterocycles. The average Bonchev–Trinajstić information content (AvgIpc) is 3.48. The quantitative estimate of drug-likeness (QED) is 0.279. The van der Waals surface area contributed by atoms with Crippen LogP contribution in [0.3, 0.4) is 0 Å². The number of hydrogen-bond acceptors (Lipinski definition) is 9. The topological polar surface area (TPSA) is 129 Å². The zero-order valence-electron chi connectivity index (χ0n) is 20.5. The molecule has 0 atom stereocenters. The number of nitrogens with two attached hydrogens (primary N) is 1. The van der Waals surface area contributed by atoms with E-state index in [-0.39, 0.29) is 33.2 Å². The molecule has 0 aromatic carbocycles. The van der Waals surface area contributed by atoms with Crippen molar-refractivity contribution in [3.05, 3.63) is 32.3 Å². The van der Waals surface area contributed by atoms with Crippen LogP contribution in [0.4, 0.5) is 5.00 Å². The van der Waals surface area contributed by atoms with E-state index in [1.807, 2.05) is 11.5 Å². The molecule has 188 valence electrons. The predicted molar refractivity (Wildman–Crippen MR) is 141 cm³/mol. The normalized spacial score (nSPS) is 11.3. The summed E-state index contributed by atoms with van der Waals surface area (Å²) in [6.07, 6.45) is -0.354. The number of nitrogens with zero attached hydrogens (tertiary/aromatic N) is 3. The highest BCUT2D eigenvalue weighted by Crippen LogP contribution is 2.34. The lowest BCUT2D eigenvalue weighted by Crippen LogP contribution is -2.18. The minimum atomic E-state index is -0.668. The Bertz CT molecular complexity index is 1240. The number of carbonyl (C=O) groups is 3. The Balaban J connectivity index is 1.76. The molecule has 35 heavy (non-hydrogen) atoms. The number of rotatable bonds is 10. The molecule has 0 saturated carbocycles. The lowest BCUT2D eigenvalue weighted by Gasteiger charge is -2.10. The number of hydrogen-bond donors (Lipinski definition) is 2. The number of anilines is 1. The smallest absolute Gasteiger partial charge is 0.341 e. The fourth-order valence-corrected chi connectivity index (χ4v) is 6.08. The van der Waals surface area contributed by atoms with Crippen LogP contribution in [0.1, 0.15) is 71.0 Å². The fraction of sp³-hybridized carbons (Fsp3) is 0.435. The number of esters is 1. The first-order chi connectivity index (χ1) is 16.5. The van der Waals surface area contributed by atoms with Crippen molar-refractivity contribution in [3.8, 4) is 11.4 Å². The molecule has 0 aliphatic rings. The molecule has 2 amide bonds. The Labute approximate surface area is 216 Å². The summed E-state index contributed by atoms with van der Waals surface area (Å²) in [5.41, 5.74) is 6.99. The van der Waals surface area contributed by atoms with Crippen molar-refractivity contribution >= 4 is 57.2 Å². The van der Waals surface area contributed by atoms with Gasteiger partial charge in [0, 0.05) is 22.4 Å². The summed E-state index contributed by atoms with van der Waals surface area (Å²) in [5.74, 6) is -0.397. The van der Waals surface area contributed by atoms with Crippen LogP contribution in [0, 0.1) is 6.92 Å². The molecule has 3 aromatic rings. The summed E-state index contributed by atoms with van der Waals surface area (Å²) in [4.78, 5) is 38.7. The van der Waals surface area contributed by atoms with Gasteiger partial charge in [-0.25, -0.2) is 4.79 Å². The van der Waals surface area contributed by atoms with Crippen molar-refractivity contribution in [3.63, 3.8) is 0 Å². The lowest BCUT2D eigenvalue weighted by atomic mass is 10.1. The van der Waals surface area contributed by atoms with E-state index >= 15 is 0 Å². The van der Waals surface area contributed by atoms with E-state index in [9.17, 15) is 14.4 Å². The van der Waals surface area contributed by atoms with Crippen LogP contribution in [0.5, 0.6) is 0 Å². The third-order valence-corrected chi connectivity index (χ3v) is 8.40. The van der Waals surface area contributed by atoms with Gasteiger partial charge in [-0.3, -0.25) is 9.59 Å². The summed E-state index contributed by atoms with van der Waals surface area (Å²) in [6.45, 7) is 12.0. The number of thiophene rings is 2. The maximum atomic E-state index is 12.8. The Hall–Kier alpha value is -2.70. The van der Waals surface area contributed by atoms with E-state index in [4.69, 9.17) is 10.5 Å². The number of amides is 2. The molecule has 0 aliphatic heterocycles. The van der Waals surface area contributed by atoms with Crippen LogP contribution in [0.15, 0.2) is 16.6 Å². The second-order valence-electron chi connectivity index (χ2n) is 8.36. The molecule has 12 heteroatoms. The maximum absolute atomic E-state index is 12.8. The first-order valence-electron chi connectivity index (χ1n) is 11.1. The van der Waals surface area contributed by atoms with Crippen LogP contribution in [-0.4, -0.2) is 44.4 Å². The fourth-order valence-electron chi connectivity index (χ4n) is 3.32. The SMILES string of the molecule is CCn1c(SCC(=O)Nc2sc(C(N)=O)c(C)c2C(=O)OC(C)C)nnc1-c1csc(C(C)C)c1. The average molecular weight is 536 g/mol. The number of thioether (sulfide) groups is 1. The van der Waals surface area contributed by atoms with Crippen LogP contribution >= 0.6 is 34.4 Å². The molecule has 3 aromatic heterocycles. The Morgan fingerprint density at radius 1 is 1.23 bits per heavy atom. The van der Waals surface area contributed by atoms with Crippen molar-refractivity contribution < 1.29 is 19.1 Å². The largest absolute Gasteiger partial charge is 0.459 e. The van der Waals surface area contributed by atoms with Gasteiger partial charge in [-0.2, -0.15) is 0 Å². The van der Waals surface area contributed by atoms with E-state index in [0.717, 1.165) is 22.7 Å². The van der Waals surface area contributed by atoms with Crippen LogP contribution in [-0.2, 0) is 16.1 Å². The molecule has 0 spiro atoms. The Morgan fingerprint density at radius 3 is 2.51 bits per heavy atom. The molecular formula is C23H29N5O4S3. The number of ether oxygens (including phenoxy) is 1. The van der Waals surface area contributed by atoms with Gasteiger partial charge in [-0.1, -0.05) is 25.6 Å². The first-order valence-corrected chi connectivity index (χ1v) is 13.8. The summed E-state index contributed by atoms with van der Waals surface area (Å²) in [7, 11) is 0. The van der Waals surface area contributed by atoms with Gasteiger partial charge < -0.3 is 20.4 Å². The molecule has 9 nitrogen and oxygen atoms in total. The van der Waals surface area contributed by atoms with Crippen LogP contribution < -0.4 is 11.1 Å². The molecule has 0 radical (unpaired) electrons. The number of aromatic nitrogens is 3. The van der Waals surface area contributed by atoms with Gasteiger partial charge in [0.2, 0.25) is 5.91 Å². The molecule has 0 unspecified atom stereocenters. The molecule has 3 N–H and O–H groups in total. The summed E-state index contributed by atoms with van der Waals surface area (Å²) in [6, 6.07) is 2.12. The molecule has 3 rings (SSSR count). The minimum absolute atomic E-state index is 0.0422. The second-order valence-corrected chi connectivity index (χ2v) is 11.3. The molecular weight excluding hydrogens is 506 g/mol. The lowest BCUT2D eigenvalue weighted by molar-refractivity contribution is -0.113. The molecule has 0 fully saturated rings. The van der Waals surface area contributed by atoms with Crippen LogP contribution in [0.2, 0.25) is 0 Å². The van der Waals surface area contributed by atoms with Gasteiger partial charge in [0.15, 0.2) is 11.0 Å². The van der Waals surface area contributed by atoms with Gasteiger partial charge >= 0.3 is 5.97 Å². The zero-order valence-corrected chi connectivity index (χ0v) is 22.9. The highest BCUT2D eigenvalue weighted by atomic mass is 32.2. The Kier molecular flexibility index (Phi) is 8.73. The summed E-state index contributed by atoms with van der Waals surface area (Å²) in [5, 5.41) is 14.3. The van der Waals surface area contributed by atoms with Crippen molar-refractivity contribution in [2.75, 3.05) is 11.1 Å². The van der Waals surface area contributed by atoms with E-state index in [1.165, 1.54) is 16.6 Å². The molecule has 0 saturated heterocycles. The van der Waals surface area contributed by atoms with E-state index in [2.05, 4.69) is 40.8 Å². The van der Waals surface area contributed by atoms with E-state index in [1.54, 1.807) is 32.1 Å². The third kappa shape index (κ3) is 6.11. The van der Waals surface area contributed by atoms with Crippen molar-refractivity contribution in [2.24, 2.45) is 5.73 Å². The Morgan fingerprint density at radius 2 is 1.94 bits per heavy atom. The zero-order chi connectivity index (χ0) is 25.9. The number of primary amides is 1. The van der Waals surface area contributed by atoms with Gasteiger partial charge in [-0.15, -0.1) is 32.9 Å². The second kappa shape index (κ2) is 11.4. The predicted octanol–water partition coefficient (Wildman–Crippen LogP) is 4.91. The molecule has 0 aliphatic carbocycles. The van der Waals surface area contributed by atoms with Gasteiger partial charge in [-0.05, 0) is 45.2 Å². The monoisotopic (exact) mass is 535 g/mol. The first kappa shape index (κ1) is 26.9. The highest BCUT2D eigenvalue weighted by Gasteiger charge is 2.26. The molecule has 0 bridgehead atoms. The van der Waals surface area contributed by atoms with Crippen molar-refractivity contribution in [1.82, 2.24) is 14.8 Å². The van der Waals surface area contributed by atoms with E-state index in [0.29, 0.717) is 23.2 Å². The van der Waals surface area contributed by atoms with Crippen molar-refractivity contribution in [1.29, 1.82) is 0 Å². The minimum Gasteiger partial charge on any atom is -0.459 e. The number of carbonyl (C=O) groups excluding carboxylic acids is 3. The van der Waals surface area contributed by atoms with Gasteiger partial charge in [0.25, 0.3) is 5.91 Å². The summed E-state index contributed by atoms with van der Waals surface area (Å²) >= 11 is 3.90. The maximum Gasteiger partial charge on any atom is 0.341 e. The summed E-state index contributed by atoms with van der Waals surface area (Å²) < 4.78 is 7.26. The van der Waals surface area contributed by atoms with E-state index < -0.39 is 11.9 Å². The highest BCUT2D eigenvalue weighted by molar-refractivity contribution is 7.99. The van der Waals surface area contributed by atoms with Gasteiger partial charge in [0.05, 0.1) is 22.3 Å². The third-order valence-electron chi connectivity index (χ3n) is 4.98. The van der Waals surface area contributed by atoms with Crippen LogP contribution in [0.25, 0.3) is 11.4 Å². The number of nitrogens with one attached hydrogen (secondary N) is 1. The van der Waals surface area contributed by atoms with Gasteiger partial charge in [0.1, 0.15) is 5.00 Å².